The van der Waals surface area contributed by atoms with Crippen molar-refractivity contribution in [3.05, 3.63) is 52.8 Å². The van der Waals surface area contributed by atoms with Crippen molar-refractivity contribution < 1.29 is 42.5 Å². The highest BCUT2D eigenvalue weighted by atomic mass is 31.2. The van der Waals surface area contributed by atoms with Gasteiger partial charge in [0.1, 0.15) is 36.4 Å². The van der Waals surface area contributed by atoms with Gasteiger partial charge in [-0.3, -0.25) is 18.7 Å². The Bertz CT molecular complexity index is 1430. The van der Waals surface area contributed by atoms with Crippen LogP contribution in [0.5, 0.6) is 5.75 Å². The first-order chi connectivity index (χ1) is 18.3. The Kier molecular flexibility index (Phi) is 8.21. The van der Waals surface area contributed by atoms with E-state index in [0.29, 0.717) is 0 Å². The van der Waals surface area contributed by atoms with Gasteiger partial charge in [-0.2, -0.15) is 5.09 Å². The van der Waals surface area contributed by atoms with Gasteiger partial charge >= 0.3 is 13.7 Å². The number of aliphatic hydroxyl groups excluding tert-OH is 2. The van der Waals surface area contributed by atoms with Crippen LogP contribution in [0, 0.1) is 6.92 Å². The summed E-state index contributed by atoms with van der Waals surface area (Å²) in [6.07, 6.45) is -4.97. The number of hydrogen-bond donors (Lipinski definition) is 4. The minimum atomic E-state index is -4.51. The Morgan fingerprint density at radius 2 is 2.00 bits per heavy atom. The highest BCUT2D eigenvalue weighted by Crippen LogP contribution is 2.48. The number of rotatable bonds is 10. The SMILES string of the molecule is Cc1nc2c(ncn2[C@@H]2O[C@](F)(CO[P@](=O)(N[C@H](C)C(=O)OC(C)C)Oc3ccccc3)[C@@H](O)[C@H]2O)c(=O)[nH]1. The minimum Gasteiger partial charge on any atom is -0.462 e. The van der Waals surface area contributed by atoms with Crippen LogP contribution in [0.1, 0.15) is 32.8 Å². The number of esters is 1. The fourth-order valence-corrected chi connectivity index (χ4v) is 5.33. The van der Waals surface area contributed by atoms with Crippen LogP contribution in [0.4, 0.5) is 4.39 Å². The number of carbonyl (C=O) groups is 1. The number of imidazole rings is 1. The molecule has 0 unspecified atom stereocenters. The molecule has 1 aromatic carbocycles. The maximum atomic E-state index is 15.9. The van der Waals surface area contributed by atoms with E-state index in [4.69, 9.17) is 18.5 Å². The third-order valence-corrected chi connectivity index (χ3v) is 7.28. The summed E-state index contributed by atoms with van der Waals surface area (Å²) in [6.45, 7) is 4.93. The van der Waals surface area contributed by atoms with E-state index in [-0.39, 0.29) is 22.7 Å². The molecule has 6 atom stereocenters. The molecule has 0 saturated carbocycles. The summed E-state index contributed by atoms with van der Waals surface area (Å²) in [6, 6.07) is 6.58. The molecule has 3 heterocycles. The number of benzene rings is 1. The zero-order valence-corrected chi connectivity index (χ0v) is 22.4. The summed E-state index contributed by atoms with van der Waals surface area (Å²) in [7, 11) is -4.51. The maximum absolute atomic E-state index is 15.9. The van der Waals surface area contributed by atoms with E-state index in [9.17, 15) is 24.4 Å². The van der Waals surface area contributed by atoms with Gasteiger partial charge in [0.15, 0.2) is 17.4 Å². The number of halogens is 1. The first kappa shape index (κ1) is 28.8. The summed E-state index contributed by atoms with van der Waals surface area (Å²) in [4.78, 5) is 35.0. The highest BCUT2D eigenvalue weighted by molar-refractivity contribution is 7.52. The van der Waals surface area contributed by atoms with Crippen molar-refractivity contribution in [3.63, 3.8) is 0 Å². The number of aromatic amines is 1. The van der Waals surface area contributed by atoms with E-state index in [1.54, 1.807) is 32.0 Å². The third kappa shape index (κ3) is 6.19. The lowest BCUT2D eigenvalue weighted by atomic mass is 10.1. The molecule has 1 aliphatic heterocycles. The Morgan fingerprint density at radius 1 is 1.31 bits per heavy atom. The molecule has 0 bridgehead atoms. The topological polar surface area (TPSA) is 187 Å². The van der Waals surface area contributed by atoms with Gasteiger partial charge in [0.05, 0.1) is 12.4 Å². The largest absolute Gasteiger partial charge is 0.462 e. The molecular weight excluding hydrogens is 540 g/mol. The molecule has 16 heteroatoms. The predicted octanol–water partition coefficient (Wildman–Crippen LogP) is 1.48. The zero-order valence-electron chi connectivity index (χ0n) is 21.5. The van der Waals surface area contributed by atoms with Gasteiger partial charge in [-0.1, -0.05) is 18.2 Å². The third-order valence-electron chi connectivity index (χ3n) is 5.66. The van der Waals surface area contributed by atoms with Crippen LogP contribution in [-0.2, 0) is 23.4 Å². The lowest BCUT2D eigenvalue weighted by molar-refractivity contribution is -0.202. The van der Waals surface area contributed by atoms with Crippen LogP contribution in [0.25, 0.3) is 11.2 Å². The predicted molar refractivity (Wildman–Crippen MR) is 133 cm³/mol. The Morgan fingerprint density at radius 3 is 2.67 bits per heavy atom. The number of aromatic nitrogens is 4. The van der Waals surface area contributed by atoms with Crippen LogP contribution in [0.2, 0.25) is 0 Å². The first-order valence-electron chi connectivity index (χ1n) is 12.0. The Balaban J connectivity index is 1.57. The molecule has 0 spiro atoms. The molecule has 0 amide bonds. The van der Waals surface area contributed by atoms with Crippen molar-refractivity contribution >= 4 is 24.9 Å². The molecule has 39 heavy (non-hydrogen) atoms. The van der Waals surface area contributed by atoms with Crippen molar-refractivity contribution in [1.29, 1.82) is 0 Å². The highest BCUT2D eigenvalue weighted by Gasteiger charge is 2.57. The van der Waals surface area contributed by atoms with Crippen molar-refractivity contribution in [2.45, 2.75) is 64.1 Å². The van der Waals surface area contributed by atoms with Crippen LogP contribution in [-0.4, -0.2) is 72.5 Å². The second-order valence-corrected chi connectivity index (χ2v) is 10.9. The average molecular weight is 569 g/mol. The summed E-state index contributed by atoms with van der Waals surface area (Å²) in [5, 5.41) is 23.6. The van der Waals surface area contributed by atoms with Gasteiger partial charge in [0.2, 0.25) is 0 Å². The molecule has 212 valence electrons. The Labute approximate surface area is 221 Å². The zero-order chi connectivity index (χ0) is 28.5. The van der Waals surface area contributed by atoms with Gasteiger partial charge in [0, 0.05) is 0 Å². The van der Waals surface area contributed by atoms with Crippen molar-refractivity contribution in [2.75, 3.05) is 6.61 Å². The number of H-pyrrole nitrogens is 1. The number of ether oxygens (including phenoxy) is 2. The molecule has 1 aliphatic rings. The number of aryl methyl sites for hydroxylation is 1. The van der Waals surface area contributed by atoms with Crippen LogP contribution in [0.3, 0.4) is 0 Å². The number of nitrogens with one attached hydrogen (secondary N) is 2. The smallest absolute Gasteiger partial charge is 0.459 e. The number of aliphatic hydroxyl groups is 2. The molecule has 4 rings (SSSR count). The summed E-state index contributed by atoms with van der Waals surface area (Å²) in [5.74, 6) is -3.56. The second kappa shape index (κ2) is 11.1. The van der Waals surface area contributed by atoms with Gasteiger partial charge in [-0.05, 0) is 39.8 Å². The van der Waals surface area contributed by atoms with E-state index in [2.05, 4.69) is 20.0 Å². The average Bonchev–Trinajstić information content (AvgIpc) is 3.38. The van der Waals surface area contributed by atoms with E-state index < -0.39 is 62.3 Å². The summed E-state index contributed by atoms with van der Waals surface area (Å²) >= 11 is 0. The lowest BCUT2D eigenvalue weighted by Crippen LogP contribution is -2.44. The maximum Gasteiger partial charge on any atom is 0.459 e. The quantitative estimate of drug-likeness (QED) is 0.204. The molecule has 2 aromatic heterocycles. The molecule has 3 aromatic rings. The van der Waals surface area contributed by atoms with E-state index in [0.717, 1.165) is 10.9 Å². The van der Waals surface area contributed by atoms with Gasteiger partial charge < -0.3 is 29.2 Å². The number of carbonyl (C=O) groups excluding carboxylic acids is 1. The molecular formula is C23H29FN5O9P. The van der Waals surface area contributed by atoms with E-state index in [1.807, 2.05) is 0 Å². The van der Waals surface area contributed by atoms with Crippen LogP contribution in [0.15, 0.2) is 41.5 Å². The fraction of sp³-hybridized carbons (Fsp3) is 0.478. The number of nitrogens with zero attached hydrogens (tertiary/aromatic N) is 3. The lowest BCUT2D eigenvalue weighted by Gasteiger charge is -2.27. The monoisotopic (exact) mass is 569 g/mol. The fourth-order valence-electron chi connectivity index (χ4n) is 3.82. The first-order valence-corrected chi connectivity index (χ1v) is 13.5. The number of hydrogen-bond acceptors (Lipinski definition) is 11. The van der Waals surface area contributed by atoms with Crippen molar-refractivity contribution in [3.8, 4) is 5.75 Å². The molecule has 14 nitrogen and oxygen atoms in total. The molecule has 1 fully saturated rings. The van der Waals surface area contributed by atoms with Gasteiger partial charge in [-0.25, -0.2) is 18.9 Å². The van der Waals surface area contributed by atoms with Crippen molar-refractivity contribution in [2.24, 2.45) is 0 Å². The van der Waals surface area contributed by atoms with Gasteiger partial charge in [-0.15, -0.1) is 0 Å². The van der Waals surface area contributed by atoms with Crippen LogP contribution < -0.4 is 15.2 Å². The normalized spacial score (nSPS) is 25.5. The van der Waals surface area contributed by atoms with E-state index >= 15 is 4.39 Å². The Hall–Kier alpha value is -3.20. The molecule has 0 radical (unpaired) electrons. The van der Waals surface area contributed by atoms with Crippen molar-refractivity contribution in [1.82, 2.24) is 24.6 Å². The van der Waals surface area contributed by atoms with Gasteiger partial charge in [0.25, 0.3) is 11.4 Å². The molecule has 4 N–H and O–H groups in total. The van der Waals surface area contributed by atoms with E-state index in [1.165, 1.54) is 26.0 Å². The number of fused-ring (bicyclic) bond motifs is 1. The molecule has 1 saturated heterocycles. The number of para-hydroxylation sites is 1. The minimum absolute atomic E-state index is 0.0186. The standard InChI is InChI=1S/C23H29FN5O9P/c1-12(2)36-22(33)13(3)28-39(34,38-15-8-6-5-7-9-15)35-10-23(24)18(31)17(30)21(37-23)29-11-25-16-19(29)26-14(4)27-20(16)32/h5-9,11-13,17-18,21,30-31H,10H2,1-4H3,(H,28,34)(H,26,27,32)/t13-,17-,18+,21-,23-,39-/m1/s1. The summed E-state index contributed by atoms with van der Waals surface area (Å²) < 4.78 is 51.9. The van der Waals surface area contributed by atoms with Crippen LogP contribution >= 0.6 is 7.75 Å². The number of alkyl halides is 1. The molecule has 0 aliphatic carbocycles. The second-order valence-electron chi connectivity index (χ2n) is 9.22. The summed E-state index contributed by atoms with van der Waals surface area (Å²) in [5.41, 5.74) is -0.671.